The van der Waals surface area contributed by atoms with Gasteiger partial charge in [-0.1, -0.05) is 35.4 Å². The zero-order chi connectivity index (χ0) is 23.2. The fraction of sp³-hybridized carbons (Fsp3) is 0.364. The van der Waals surface area contributed by atoms with Crippen LogP contribution < -0.4 is 20.9 Å². The predicted molar refractivity (Wildman–Crippen MR) is 125 cm³/mol. The van der Waals surface area contributed by atoms with E-state index in [1.54, 1.807) is 0 Å². The Morgan fingerprint density at radius 3 is 2.19 bits per heavy atom. The third-order valence-electron chi connectivity index (χ3n) is 3.84. The lowest BCUT2D eigenvalue weighted by atomic mass is 10.1. The summed E-state index contributed by atoms with van der Waals surface area (Å²) in [6.45, 7) is 9.13. The molecule has 0 radical (unpaired) electrons. The summed E-state index contributed by atoms with van der Waals surface area (Å²) in [7, 11) is 0. The number of carbonyl (C=O) groups is 1. The van der Waals surface area contributed by atoms with E-state index < -0.39 is 5.97 Å². The zero-order valence-electron chi connectivity index (χ0n) is 18.5. The van der Waals surface area contributed by atoms with E-state index in [-0.39, 0.29) is 12.5 Å². The highest BCUT2D eigenvalue weighted by Crippen LogP contribution is 2.25. The number of carboxylic acids is 1. The normalized spacial score (nSPS) is 9.94. The monoisotopic (exact) mass is 448 g/mol. The van der Waals surface area contributed by atoms with Gasteiger partial charge in [0.05, 0.1) is 6.61 Å². The molecule has 0 aromatic heterocycles. The topological polar surface area (TPSA) is 132 Å². The van der Waals surface area contributed by atoms with Gasteiger partial charge in [-0.05, 0) is 68.1 Å². The van der Waals surface area contributed by atoms with E-state index in [2.05, 4.69) is 28.9 Å². The molecule has 0 atom stereocenters. The van der Waals surface area contributed by atoms with Crippen LogP contribution in [0.3, 0.4) is 0 Å². The first-order valence-corrected chi connectivity index (χ1v) is 10.6. The number of nitrogens with zero attached hydrogens (tertiary/aromatic N) is 1. The second-order valence-electron chi connectivity index (χ2n) is 6.91. The number of aryl methyl sites for hydroxylation is 4. The summed E-state index contributed by atoms with van der Waals surface area (Å²) >= 11 is 1.38. The van der Waals surface area contributed by atoms with Crippen molar-refractivity contribution in [1.29, 1.82) is 0 Å². The average Bonchev–Trinajstić information content (AvgIpc) is 2.68. The van der Waals surface area contributed by atoms with Crippen molar-refractivity contribution in [2.45, 2.75) is 39.0 Å². The summed E-state index contributed by atoms with van der Waals surface area (Å²) < 4.78 is 8.30. The van der Waals surface area contributed by atoms with E-state index in [9.17, 15) is 4.79 Å². The molecule has 6 N–H and O–H groups in total. The van der Waals surface area contributed by atoms with Crippen molar-refractivity contribution in [3.8, 4) is 5.75 Å². The molecule has 0 aliphatic heterocycles. The van der Waals surface area contributed by atoms with Crippen molar-refractivity contribution in [1.82, 2.24) is 4.72 Å². The van der Waals surface area contributed by atoms with E-state index in [0.717, 1.165) is 17.1 Å². The molecule has 2 rings (SSSR count). The lowest BCUT2D eigenvalue weighted by molar-refractivity contribution is -0.135. The van der Waals surface area contributed by atoms with Gasteiger partial charge < -0.3 is 26.1 Å². The number of guanidine groups is 1. The van der Waals surface area contributed by atoms with Gasteiger partial charge in [0.15, 0.2) is 0 Å². The summed E-state index contributed by atoms with van der Waals surface area (Å²) in [4.78, 5) is 16.3. The molecule has 0 bridgehead atoms. The molecule has 0 saturated heterocycles. The highest BCUT2D eigenvalue weighted by Gasteiger charge is 2.05. The molecular weight excluding hydrogens is 416 g/mol. The minimum atomic E-state index is -0.843. The van der Waals surface area contributed by atoms with Crippen LogP contribution >= 0.6 is 11.9 Å². The van der Waals surface area contributed by atoms with Crippen molar-refractivity contribution < 1.29 is 19.5 Å². The summed E-state index contributed by atoms with van der Waals surface area (Å²) in [5.74, 6) is -0.0585. The number of oxime groups is 1. The van der Waals surface area contributed by atoms with Gasteiger partial charge in [0.1, 0.15) is 18.9 Å². The molecule has 0 amide bonds. The van der Waals surface area contributed by atoms with Crippen LogP contribution in [0.15, 0.2) is 46.4 Å². The van der Waals surface area contributed by atoms with Crippen LogP contribution in [0.1, 0.15) is 28.7 Å². The van der Waals surface area contributed by atoms with E-state index >= 15 is 0 Å². The van der Waals surface area contributed by atoms with Crippen LogP contribution in [0.25, 0.3) is 0 Å². The van der Waals surface area contributed by atoms with Crippen LogP contribution in [-0.4, -0.2) is 36.8 Å². The largest absolute Gasteiger partial charge is 0.493 e. The molecule has 0 heterocycles. The van der Waals surface area contributed by atoms with Gasteiger partial charge in [0.25, 0.3) is 0 Å². The van der Waals surface area contributed by atoms with E-state index in [1.807, 2.05) is 45.0 Å². The van der Waals surface area contributed by atoms with Crippen molar-refractivity contribution in [3.63, 3.8) is 0 Å². The molecule has 0 spiro atoms. The van der Waals surface area contributed by atoms with Crippen LogP contribution in [0.4, 0.5) is 0 Å². The minimum Gasteiger partial charge on any atom is -0.493 e. The molecule has 31 heavy (non-hydrogen) atoms. The Balaban J connectivity index is 0.000000311. The predicted octanol–water partition coefficient (Wildman–Crippen LogP) is 3.26. The number of aliphatic carboxylic acids is 1. The third kappa shape index (κ3) is 11.8. The molecule has 0 fully saturated rings. The van der Waals surface area contributed by atoms with Gasteiger partial charge in [0, 0.05) is 11.3 Å². The van der Waals surface area contributed by atoms with Gasteiger partial charge >= 0.3 is 5.97 Å². The lowest BCUT2D eigenvalue weighted by Gasteiger charge is -2.10. The first kappa shape index (κ1) is 26.1. The number of hydrogen-bond donors (Lipinski definition) is 4. The van der Waals surface area contributed by atoms with Gasteiger partial charge in [-0.15, -0.1) is 0 Å². The van der Waals surface area contributed by atoms with Crippen LogP contribution in [0.5, 0.6) is 5.75 Å². The lowest BCUT2D eigenvalue weighted by Crippen LogP contribution is -2.23. The number of ether oxygens (including phenoxy) is 1. The molecule has 0 saturated carbocycles. The Hall–Kier alpha value is -2.91. The number of carboxylic acid groups (broad SMARTS) is 1. The maximum atomic E-state index is 10.3. The molecule has 2 aromatic rings. The van der Waals surface area contributed by atoms with E-state index in [1.165, 1.54) is 34.2 Å². The maximum absolute atomic E-state index is 10.3. The number of benzene rings is 2. The fourth-order valence-corrected chi connectivity index (χ4v) is 3.35. The Labute approximate surface area is 188 Å². The van der Waals surface area contributed by atoms with Gasteiger partial charge in [-0.3, -0.25) is 4.79 Å². The first-order valence-electron chi connectivity index (χ1n) is 9.78. The molecule has 8 nitrogen and oxygen atoms in total. The van der Waals surface area contributed by atoms with Crippen molar-refractivity contribution in [2.75, 3.05) is 19.8 Å². The standard InChI is InChI=1S/C11H17N3O2.C11H15NO2S/c1-9-3-5-10(6-4-9)15-7-2-8-16-14-11(12)13;1-7-4-8(2)11(9(3)5-7)15-12-6-10(13)14/h3-6H,2,7-8H2,1H3,(H4,12,13,14);4-5,12H,6H2,1-3H3,(H,13,14). The van der Waals surface area contributed by atoms with Gasteiger partial charge in [0.2, 0.25) is 5.96 Å². The summed E-state index contributed by atoms with van der Waals surface area (Å²) in [5, 5.41) is 11.9. The molecule has 0 aliphatic carbocycles. The number of rotatable bonds is 10. The van der Waals surface area contributed by atoms with E-state index in [0.29, 0.717) is 13.2 Å². The Kier molecular flexibility index (Phi) is 11.9. The van der Waals surface area contributed by atoms with Crippen molar-refractivity contribution >= 4 is 23.9 Å². The minimum absolute atomic E-state index is 0.0303. The van der Waals surface area contributed by atoms with Crippen LogP contribution in [0, 0.1) is 27.7 Å². The average molecular weight is 449 g/mol. The summed E-state index contributed by atoms with van der Waals surface area (Å²) in [6.07, 6.45) is 0.727. The Morgan fingerprint density at radius 2 is 1.65 bits per heavy atom. The molecule has 2 aromatic carbocycles. The number of nitrogens with one attached hydrogen (secondary N) is 1. The SMILES string of the molecule is Cc1cc(C)c(SNCC(=O)O)c(C)c1.Cc1ccc(OCCCON=C(N)N)cc1. The summed E-state index contributed by atoms with van der Waals surface area (Å²) in [6, 6.07) is 12.1. The van der Waals surface area contributed by atoms with Crippen LogP contribution in [-0.2, 0) is 9.63 Å². The van der Waals surface area contributed by atoms with Crippen LogP contribution in [0.2, 0.25) is 0 Å². The quantitative estimate of drug-likeness (QED) is 0.143. The molecule has 0 aliphatic rings. The molecular formula is C22H32N4O4S. The second-order valence-corrected chi connectivity index (χ2v) is 7.81. The summed E-state index contributed by atoms with van der Waals surface area (Å²) in [5.41, 5.74) is 15.0. The maximum Gasteiger partial charge on any atom is 0.318 e. The molecule has 9 heteroatoms. The molecule has 170 valence electrons. The Bertz CT molecular complexity index is 830. The fourth-order valence-electron chi connectivity index (χ4n) is 2.57. The van der Waals surface area contributed by atoms with Gasteiger partial charge in [-0.2, -0.15) is 0 Å². The highest BCUT2D eigenvalue weighted by molar-refractivity contribution is 7.97. The zero-order valence-corrected chi connectivity index (χ0v) is 19.3. The molecule has 0 unspecified atom stereocenters. The van der Waals surface area contributed by atoms with E-state index in [4.69, 9.17) is 26.1 Å². The smallest absolute Gasteiger partial charge is 0.318 e. The first-order chi connectivity index (χ1) is 14.7. The number of nitrogens with two attached hydrogens (primary N) is 2. The van der Waals surface area contributed by atoms with Gasteiger partial charge in [-0.25, -0.2) is 4.72 Å². The second kappa shape index (κ2) is 14.2. The van der Waals surface area contributed by atoms with Crippen molar-refractivity contribution in [3.05, 3.63) is 58.7 Å². The Morgan fingerprint density at radius 1 is 1.03 bits per heavy atom. The highest BCUT2D eigenvalue weighted by atomic mass is 32.2. The third-order valence-corrected chi connectivity index (χ3v) is 4.98. The number of hydrogen-bond acceptors (Lipinski definition) is 6. The van der Waals surface area contributed by atoms with Crippen molar-refractivity contribution in [2.24, 2.45) is 16.6 Å².